The molecule has 1 fully saturated rings. The van der Waals surface area contributed by atoms with E-state index < -0.39 is 0 Å². The Morgan fingerprint density at radius 3 is 2.32 bits per heavy atom. The first-order valence-corrected chi connectivity index (χ1v) is 7.47. The van der Waals surface area contributed by atoms with Crippen molar-refractivity contribution in [2.24, 2.45) is 0 Å². The van der Waals surface area contributed by atoms with E-state index in [0.717, 1.165) is 37.4 Å². The van der Waals surface area contributed by atoms with Crippen LogP contribution in [0.15, 0.2) is 54.6 Å². The maximum Gasteiger partial charge on any atom is 0.0998 e. The Balaban J connectivity index is 1.80. The molecule has 0 unspecified atom stereocenters. The molecule has 110 valence electrons. The van der Waals surface area contributed by atoms with E-state index in [9.17, 15) is 5.26 Å². The van der Waals surface area contributed by atoms with Crippen molar-refractivity contribution in [3.8, 4) is 6.07 Å². The van der Waals surface area contributed by atoms with Gasteiger partial charge in [0.2, 0.25) is 0 Å². The number of nitrogens with zero attached hydrogens (tertiary/aromatic N) is 2. The van der Waals surface area contributed by atoms with E-state index in [1.807, 2.05) is 36.4 Å². The molecule has 3 nitrogen and oxygen atoms in total. The zero-order valence-electron chi connectivity index (χ0n) is 12.4. The lowest BCUT2D eigenvalue weighted by atomic mass is 10.0. The summed E-state index contributed by atoms with van der Waals surface area (Å²) in [5, 5.41) is 9.36. The molecule has 2 aromatic carbocycles. The molecule has 0 radical (unpaired) electrons. The van der Waals surface area contributed by atoms with Gasteiger partial charge < -0.3 is 9.64 Å². The van der Waals surface area contributed by atoms with Gasteiger partial charge in [0.1, 0.15) is 0 Å². The minimum absolute atomic E-state index is 0.680. The van der Waals surface area contributed by atoms with Crippen LogP contribution >= 0.6 is 0 Å². The number of ether oxygens (including phenoxy) is 1. The smallest absolute Gasteiger partial charge is 0.0998 e. The zero-order chi connectivity index (χ0) is 15.2. The minimum atomic E-state index is 0.680. The largest absolute Gasteiger partial charge is 0.378 e. The Hall–Kier alpha value is -2.57. The zero-order valence-corrected chi connectivity index (χ0v) is 12.4. The number of nitriles is 1. The fourth-order valence-corrected chi connectivity index (χ4v) is 2.57. The first-order valence-electron chi connectivity index (χ1n) is 7.47. The standard InChI is InChI=1S/C19H18N2O/c20-15-18(17-4-2-1-3-5-17)14-16-6-8-19(9-7-16)21-10-12-22-13-11-21/h1-9,14H,10-13H2/b18-14+. The van der Waals surface area contributed by atoms with Crippen molar-refractivity contribution >= 4 is 17.3 Å². The van der Waals surface area contributed by atoms with Crippen LogP contribution in [0, 0.1) is 11.3 Å². The predicted molar refractivity (Wildman–Crippen MR) is 89.4 cm³/mol. The molecule has 0 amide bonds. The lowest BCUT2D eigenvalue weighted by molar-refractivity contribution is 0.122. The monoisotopic (exact) mass is 290 g/mol. The number of hydrogen-bond donors (Lipinski definition) is 0. The van der Waals surface area contributed by atoms with Crippen LogP contribution < -0.4 is 4.90 Å². The Kier molecular flexibility index (Phi) is 4.53. The lowest BCUT2D eigenvalue weighted by Crippen LogP contribution is -2.36. The molecule has 0 atom stereocenters. The van der Waals surface area contributed by atoms with Crippen LogP contribution in [-0.2, 0) is 4.74 Å². The molecule has 0 N–H and O–H groups in total. The van der Waals surface area contributed by atoms with E-state index in [4.69, 9.17) is 4.74 Å². The highest BCUT2D eigenvalue weighted by Gasteiger charge is 2.10. The van der Waals surface area contributed by atoms with Gasteiger partial charge in [0.15, 0.2) is 0 Å². The van der Waals surface area contributed by atoms with Gasteiger partial charge in [-0.25, -0.2) is 0 Å². The molecule has 3 rings (SSSR count). The number of anilines is 1. The second kappa shape index (κ2) is 6.93. The second-order valence-electron chi connectivity index (χ2n) is 5.23. The van der Waals surface area contributed by atoms with Gasteiger partial charge in [0.25, 0.3) is 0 Å². The van der Waals surface area contributed by atoms with Crippen molar-refractivity contribution in [2.75, 3.05) is 31.2 Å². The van der Waals surface area contributed by atoms with Gasteiger partial charge >= 0.3 is 0 Å². The van der Waals surface area contributed by atoms with Crippen LogP contribution in [0.5, 0.6) is 0 Å². The van der Waals surface area contributed by atoms with Gasteiger partial charge in [-0.3, -0.25) is 0 Å². The summed E-state index contributed by atoms with van der Waals surface area (Å²) in [7, 11) is 0. The number of hydrogen-bond acceptors (Lipinski definition) is 3. The molecule has 2 aromatic rings. The third-order valence-corrected chi connectivity index (χ3v) is 3.79. The fraction of sp³-hybridized carbons (Fsp3) is 0.211. The average molecular weight is 290 g/mol. The van der Waals surface area contributed by atoms with Crippen molar-refractivity contribution in [2.45, 2.75) is 0 Å². The van der Waals surface area contributed by atoms with E-state index in [-0.39, 0.29) is 0 Å². The first kappa shape index (κ1) is 14.4. The molecular formula is C19H18N2O. The first-order chi connectivity index (χ1) is 10.9. The maximum absolute atomic E-state index is 9.36. The van der Waals surface area contributed by atoms with Crippen molar-refractivity contribution in [3.63, 3.8) is 0 Å². The fourth-order valence-electron chi connectivity index (χ4n) is 2.57. The van der Waals surface area contributed by atoms with E-state index in [1.165, 1.54) is 5.69 Å². The normalized spacial score (nSPS) is 15.4. The highest BCUT2D eigenvalue weighted by molar-refractivity contribution is 5.89. The molecule has 0 spiro atoms. The lowest BCUT2D eigenvalue weighted by Gasteiger charge is -2.28. The minimum Gasteiger partial charge on any atom is -0.378 e. The number of morpholine rings is 1. The molecule has 0 saturated carbocycles. The third-order valence-electron chi connectivity index (χ3n) is 3.79. The summed E-state index contributed by atoms with van der Waals surface area (Å²) in [5.74, 6) is 0. The Morgan fingerprint density at radius 1 is 1.00 bits per heavy atom. The number of benzene rings is 2. The van der Waals surface area contributed by atoms with Gasteiger partial charge in [0.05, 0.1) is 24.9 Å². The summed E-state index contributed by atoms with van der Waals surface area (Å²) < 4.78 is 5.37. The summed E-state index contributed by atoms with van der Waals surface area (Å²) in [4.78, 5) is 2.32. The summed E-state index contributed by atoms with van der Waals surface area (Å²) in [6, 6.07) is 20.4. The molecule has 0 aliphatic carbocycles. The van der Waals surface area contributed by atoms with Gasteiger partial charge in [-0.2, -0.15) is 5.26 Å². The molecule has 1 aliphatic rings. The molecule has 22 heavy (non-hydrogen) atoms. The Bertz CT molecular complexity index is 678. The number of rotatable bonds is 3. The van der Waals surface area contributed by atoms with E-state index in [2.05, 4.69) is 35.2 Å². The van der Waals surface area contributed by atoms with Crippen molar-refractivity contribution in [1.29, 1.82) is 5.26 Å². The molecule has 0 bridgehead atoms. The van der Waals surface area contributed by atoms with E-state index in [0.29, 0.717) is 5.57 Å². The molecule has 3 heteroatoms. The molecule has 0 aromatic heterocycles. The highest BCUT2D eigenvalue weighted by Crippen LogP contribution is 2.21. The van der Waals surface area contributed by atoms with Crippen molar-refractivity contribution in [3.05, 3.63) is 65.7 Å². The van der Waals surface area contributed by atoms with Crippen molar-refractivity contribution in [1.82, 2.24) is 0 Å². The third kappa shape index (κ3) is 3.36. The van der Waals surface area contributed by atoms with Crippen molar-refractivity contribution < 1.29 is 4.74 Å². The Labute approximate surface area is 131 Å². The predicted octanol–water partition coefficient (Wildman–Crippen LogP) is 3.59. The quantitative estimate of drug-likeness (QED) is 0.640. The summed E-state index contributed by atoms with van der Waals surface area (Å²) in [6.45, 7) is 3.44. The van der Waals surface area contributed by atoms with Crippen LogP contribution in [0.4, 0.5) is 5.69 Å². The molecular weight excluding hydrogens is 272 g/mol. The van der Waals surface area contributed by atoms with Crippen LogP contribution in [0.25, 0.3) is 11.6 Å². The topological polar surface area (TPSA) is 36.3 Å². The van der Waals surface area contributed by atoms with Crippen LogP contribution in [0.2, 0.25) is 0 Å². The van der Waals surface area contributed by atoms with Crippen LogP contribution in [0.3, 0.4) is 0 Å². The summed E-state index contributed by atoms with van der Waals surface area (Å²) in [6.07, 6.45) is 1.93. The van der Waals surface area contributed by atoms with Gasteiger partial charge in [-0.15, -0.1) is 0 Å². The maximum atomic E-state index is 9.36. The molecule has 1 aliphatic heterocycles. The van der Waals surface area contributed by atoms with Gasteiger partial charge in [-0.1, -0.05) is 42.5 Å². The second-order valence-corrected chi connectivity index (χ2v) is 5.23. The van der Waals surface area contributed by atoms with E-state index in [1.54, 1.807) is 0 Å². The molecule has 1 heterocycles. The van der Waals surface area contributed by atoms with E-state index >= 15 is 0 Å². The van der Waals surface area contributed by atoms with Crippen LogP contribution in [-0.4, -0.2) is 26.3 Å². The number of allylic oxidation sites excluding steroid dienone is 1. The average Bonchev–Trinajstić information content (AvgIpc) is 2.62. The molecule has 1 saturated heterocycles. The van der Waals surface area contributed by atoms with Gasteiger partial charge in [-0.05, 0) is 29.3 Å². The SMILES string of the molecule is N#C/C(=C\c1ccc(N2CCOCC2)cc1)c1ccccc1. The Morgan fingerprint density at radius 2 is 1.68 bits per heavy atom. The highest BCUT2D eigenvalue weighted by atomic mass is 16.5. The summed E-state index contributed by atoms with van der Waals surface area (Å²) >= 11 is 0. The van der Waals surface area contributed by atoms with Gasteiger partial charge in [0, 0.05) is 18.8 Å². The van der Waals surface area contributed by atoms with Crippen LogP contribution in [0.1, 0.15) is 11.1 Å². The summed E-state index contributed by atoms with van der Waals surface area (Å²) in [5.41, 5.74) is 3.87.